The molecule has 0 unspecified atom stereocenters. The standard InChI is InChI=1S/C3H10BNS/c1-4-6-5(2)3/h4H,1-3H3. The van der Waals surface area contributed by atoms with Crippen LogP contribution in [0.4, 0.5) is 0 Å². The van der Waals surface area contributed by atoms with E-state index in [1.54, 1.807) is 0 Å². The molecule has 0 saturated heterocycles. The van der Waals surface area contributed by atoms with Crippen molar-refractivity contribution < 1.29 is 0 Å². The minimum Gasteiger partial charge on any atom is -0.267 e. The Kier molecular flexibility index (Phi) is 3.78. The molecule has 0 atom stereocenters. The van der Waals surface area contributed by atoms with Crippen LogP contribution < -0.4 is 0 Å². The smallest absolute Gasteiger partial charge is 0.209 e. The van der Waals surface area contributed by atoms with E-state index in [4.69, 9.17) is 0 Å². The minimum atomic E-state index is 1.17. The first-order valence-corrected chi connectivity index (χ1v) is 3.02. The molecule has 0 aromatic carbocycles. The Morgan fingerprint density at radius 2 is 2.00 bits per heavy atom. The van der Waals surface area contributed by atoms with E-state index in [9.17, 15) is 0 Å². The highest BCUT2D eigenvalue weighted by Crippen LogP contribution is 1.96. The van der Waals surface area contributed by atoms with Crippen LogP contribution in [0.1, 0.15) is 0 Å². The molecule has 0 aromatic rings. The zero-order valence-electron chi connectivity index (χ0n) is 4.56. The molecule has 0 spiro atoms. The highest BCUT2D eigenvalue weighted by Gasteiger charge is 1.82. The van der Waals surface area contributed by atoms with Gasteiger partial charge in [0, 0.05) is 0 Å². The molecule has 0 heterocycles. The molecule has 6 heavy (non-hydrogen) atoms. The predicted molar refractivity (Wildman–Crippen MR) is 34.3 cm³/mol. The second-order valence-corrected chi connectivity index (χ2v) is 2.80. The Morgan fingerprint density at radius 3 is 2.00 bits per heavy atom. The number of rotatable bonds is 2. The normalized spacial score (nSPS) is 9.33. The third kappa shape index (κ3) is 4.37. The second kappa shape index (κ2) is 3.56. The largest absolute Gasteiger partial charge is 0.267 e. The van der Waals surface area contributed by atoms with Gasteiger partial charge in [0.25, 0.3) is 0 Å². The van der Waals surface area contributed by atoms with Crippen molar-refractivity contribution in [1.29, 1.82) is 0 Å². The molecule has 36 valence electrons. The summed E-state index contributed by atoms with van der Waals surface area (Å²) in [5.41, 5.74) is 0. The maximum atomic E-state index is 2.14. The average Bonchev–Trinajstić information content (AvgIpc) is 1.35. The Labute approximate surface area is 44.4 Å². The Morgan fingerprint density at radius 1 is 1.50 bits per heavy atom. The highest BCUT2D eigenvalue weighted by atomic mass is 32.2. The molecule has 3 heteroatoms. The van der Waals surface area contributed by atoms with Crippen LogP contribution in [0.2, 0.25) is 6.82 Å². The van der Waals surface area contributed by atoms with Gasteiger partial charge in [-0.15, -0.1) is 11.8 Å². The van der Waals surface area contributed by atoms with Gasteiger partial charge in [0.15, 0.2) is 0 Å². The molecule has 0 amide bonds. The van der Waals surface area contributed by atoms with Crippen molar-refractivity contribution in [3.05, 3.63) is 0 Å². The van der Waals surface area contributed by atoms with Gasteiger partial charge in [-0.2, -0.15) is 0 Å². The summed E-state index contributed by atoms with van der Waals surface area (Å²) in [7, 11) is 4.10. The average molecular weight is 103 g/mol. The first-order chi connectivity index (χ1) is 2.77. The zero-order valence-corrected chi connectivity index (χ0v) is 5.38. The fraction of sp³-hybridized carbons (Fsp3) is 1.00. The third-order valence-electron chi connectivity index (χ3n) is 0.387. The maximum Gasteiger partial charge on any atom is 0.209 e. The van der Waals surface area contributed by atoms with E-state index in [2.05, 4.69) is 11.1 Å². The Balaban J connectivity index is 2.63. The highest BCUT2D eigenvalue weighted by molar-refractivity contribution is 8.20. The van der Waals surface area contributed by atoms with Gasteiger partial charge in [-0.3, -0.25) is 4.31 Å². The van der Waals surface area contributed by atoms with Crippen molar-refractivity contribution in [3.63, 3.8) is 0 Å². The summed E-state index contributed by atoms with van der Waals surface area (Å²) in [5, 5.41) is 0. The van der Waals surface area contributed by atoms with Crippen molar-refractivity contribution >= 4 is 18.4 Å². The summed E-state index contributed by atoms with van der Waals surface area (Å²) in [6.45, 7) is 3.32. The van der Waals surface area contributed by atoms with Crippen LogP contribution in [0.15, 0.2) is 0 Å². The van der Waals surface area contributed by atoms with E-state index in [1.165, 1.54) is 6.56 Å². The molecule has 0 aliphatic heterocycles. The van der Waals surface area contributed by atoms with E-state index in [-0.39, 0.29) is 0 Å². The van der Waals surface area contributed by atoms with Crippen molar-refractivity contribution in [2.24, 2.45) is 0 Å². The van der Waals surface area contributed by atoms with Gasteiger partial charge in [-0.05, 0) is 14.1 Å². The van der Waals surface area contributed by atoms with Crippen LogP contribution in [-0.2, 0) is 0 Å². The summed E-state index contributed by atoms with van der Waals surface area (Å²) in [6.07, 6.45) is 0. The lowest BCUT2D eigenvalue weighted by Gasteiger charge is -2.02. The first-order valence-electron chi connectivity index (χ1n) is 2.07. The lowest BCUT2D eigenvalue weighted by atomic mass is 10.2. The van der Waals surface area contributed by atoms with Crippen molar-refractivity contribution in [2.75, 3.05) is 14.1 Å². The van der Waals surface area contributed by atoms with Crippen LogP contribution in [0, 0.1) is 0 Å². The predicted octanol–water partition coefficient (Wildman–Crippen LogP) is 0.596. The minimum absolute atomic E-state index is 1.17. The van der Waals surface area contributed by atoms with Gasteiger partial charge < -0.3 is 0 Å². The SMILES string of the molecule is CBSN(C)C. The van der Waals surface area contributed by atoms with Gasteiger partial charge in [0.1, 0.15) is 0 Å². The summed E-state index contributed by atoms with van der Waals surface area (Å²) >= 11 is 1.82. The molecule has 0 aliphatic carbocycles. The Bertz CT molecular complexity index is 32.0. The van der Waals surface area contributed by atoms with Crippen molar-refractivity contribution in [1.82, 2.24) is 4.31 Å². The van der Waals surface area contributed by atoms with E-state index in [0.717, 1.165) is 0 Å². The summed E-state index contributed by atoms with van der Waals surface area (Å²) < 4.78 is 2.10. The van der Waals surface area contributed by atoms with Gasteiger partial charge in [0.2, 0.25) is 6.56 Å². The van der Waals surface area contributed by atoms with Crippen molar-refractivity contribution in [3.8, 4) is 0 Å². The van der Waals surface area contributed by atoms with E-state index in [0.29, 0.717) is 0 Å². The lowest BCUT2D eigenvalue weighted by molar-refractivity contribution is 0.710. The topological polar surface area (TPSA) is 3.24 Å². The molecule has 0 fully saturated rings. The molecular weight excluding hydrogens is 92.9 g/mol. The summed E-state index contributed by atoms with van der Waals surface area (Å²) in [4.78, 5) is 0. The molecule has 0 saturated carbocycles. The fourth-order valence-electron chi connectivity index (χ4n) is 0.258. The van der Waals surface area contributed by atoms with E-state index in [1.807, 2.05) is 25.9 Å². The molecule has 0 bridgehead atoms. The van der Waals surface area contributed by atoms with Crippen LogP contribution in [0.3, 0.4) is 0 Å². The van der Waals surface area contributed by atoms with Crippen LogP contribution in [0.25, 0.3) is 0 Å². The van der Waals surface area contributed by atoms with Crippen LogP contribution >= 0.6 is 11.8 Å². The fourth-order valence-corrected chi connectivity index (χ4v) is 0.775. The summed E-state index contributed by atoms with van der Waals surface area (Å²) in [6, 6.07) is 0. The molecular formula is C3H10BNS. The van der Waals surface area contributed by atoms with Gasteiger partial charge in [-0.25, -0.2) is 0 Å². The number of hydrogen-bond acceptors (Lipinski definition) is 2. The van der Waals surface area contributed by atoms with Gasteiger partial charge in [-0.1, -0.05) is 6.82 Å². The van der Waals surface area contributed by atoms with Gasteiger partial charge >= 0.3 is 0 Å². The van der Waals surface area contributed by atoms with Crippen molar-refractivity contribution in [2.45, 2.75) is 6.82 Å². The van der Waals surface area contributed by atoms with Crippen LogP contribution in [0.5, 0.6) is 0 Å². The number of nitrogens with zero attached hydrogens (tertiary/aromatic N) is 1. The molecule has 0 aliphatic rings. The number of hydrogen-bond donors (Lipinski definition) is 0. The lowest BCUT2D eigenvalue weighted by Crippen LogP contribution is -1.99. The molecule has 0 aromatic heterocycles. The molecule has 0 radical (unpaired) electrons. The van der Waals surface area contributed by atoms with Gasteiger partial charge in [0.05, 0.1) is 0 Å². The monoisotopic (exact) mass is 103 g/mol. The quantitative estimate of drug-likeness (QED) is 0.371. The first kappa shape index (κ1) is 6.37. The van der Waals surface area contributed by atoms with E-state index >= 15 is 0 Å². The maximum absolute atomic E-state index is 2.14. The third-order valence-corrected chi connectivity index (χ3v) is 1.16. The second-order valence-electron chi connectivity index (χ2n) is 1.23. The summed E-state index contributed by atoms with van der Waals surface area (Å²) in [5.74, 6) is 0. The molecule has 1 nitrogen and oxygen atoms in total. The van der Waals surface area contributed by atoms with E-state index < -0.39 is 0 Å². The Hall–Kier alpha value is 0.375. The molecule has 0 rings (SSSR count). The zero-order chi connectivity index (χ0) is 4.99. The van der Waals surface area contributed by atoms with Crippen LogP contribution in [-0.4, -0.2) is 25.0 Å². The molecule has 0 N–H and O–H groups in total.